The molecule has 2 aromatic carbocycles. The lowest BCUT2D eigenvalue weighted by Crippen LogP contribution is -2.41. The molecule has 0 aliphatic carbocycles. The van der Waals surface area contributed by atoms with Gasteiger partial charge in [0.1, 0.15) is 16.9 Å². The molecule has 8 heteroatoms. The van der Waals surface area contributed by atoms with Gasteiger partial charge in [-0.25, -0.2) is 9.07 Å². The first kappa shape index (κ1) is 17.5. The van der Waals surface area contributed by atoms with E-state index in [4.69, 9.17) is 0 Å². The van der Waals surface area contributed by atoms with Crippen molar-refractivity contribution in [1.82, 2.24) is 14.9 Å². The molecule has 2 heterocycles. The van der Waals surface area contributed by atoms with E-state index in [0.717, 1.165) is 11.1 Å². The van der Waals surface area contributed by atoms with E-state index in [-0.39, 0.29) is 17.6 Å². The number of halogens is 1. The van der Waals surface area contributed by atoms with E-state index in [1.165, 1.54) is 17.8 Å². The van der Waals surface area contributed by atoms with Gasteiger partial charge in [0, 0.05) is 0 Å². The summed E-state index contributed by atoms with van der Waals surface area (Å²) in [5.41, 5.74) is 5.58. The van der Waals surface area contributed by atoms with Crippen LogP contribution in [-0.2, 0) is 4.79 Å². The third kappa shape index (κ3) is 3.40. The van der Waals surface area contributed by atoms with E-state index in [1.807, 2.05) is 38.1 Å². The Hall–Kier alpha value is -2.87. The second-order valence-electron chi connectivity index (χ2n) is 6.39. The number of carbonyl (C=O) groups excluding carboxylic acids is 1. The van der Waals surface area contributed by atoms with Crippen molar-refractivity contribution in [1.29, 1.82) is 0 Å². The van der Waals surface area contributed by atoms with Crippen LogP contribution in [-0.4, -0.2) is 26.0 Å². The van der Waals surface area contributed by atoms with Crippen LogP contribution in [0.25, 0.3) is 0 Å². The summed E-state index contributed by atoms with van der Waals surface area (Å²) in [4.78, 5) is 13.0. The van der Waals surface area contributed by atoms with Gasteiger partial charge in [0.05, 0.1) is 11.7 Å². The highest BCUT2D eigenvalue weighted by atomic mass is 32.2. The van der Waals surface area contributed by atoms with Crippen LogP contribution in [0.3, 0.4) is 0 Å². The van der Waals surface area contributed by atoms with Crippen molar-refractivity contribution in [2.24, 2.45) is 0 Å². The highest BCUT2D eigenvalue weighted by Crippen LogP contribution is 2.37. The first-order valence-electron chi connectivity index (χ1n) is 8.50. The Kier molecular flexibility index (Phi) is 4.57. The Morgan fingerprint density at radius 3 is 2.63 bits per heavy atom. The third-order valence-corrected chi connectivity index (χ3v) is 5.64. The molecule has 0 unspecified atom stereocenters. The van der Waals surface area contributed by atoms with E-state index in [2.05, 4.69) is 20.9 Å². The second-order valence-corrected chi connectivity index (χ2v) is 7.50. The van der Waals surface area contributed by atoms with Gasteiger partial charge in [-0.1, -0.05) is 53.7 Å². The van der Waals surface area contributed by atoms with E-state index in [9.17, 15) is 9.18 Å². The zero-order valence-electron chi connectivity index (χ0n) is 14.8. The molecule has 1 aliphatic rings. The van der Waals surface area contributed by atoms with E-state index < -0.39 is 11.1 Å². The summed E-state index contributed by atoms with van der Waals surface area (Å²) in [5.74, 6) is -0.0526. The van der Waals surface area contributed by atoms with E-state index in [1.54, 1.807) is 22.9 Å². The molecule has 27 heavy (non-hydrogen) atoms. The molecule has 1 amide bonds. The van der Waals surface area contributed by atoms with Gasteiger partial charge in [-0.2, -0.15) is 0 Å². The van der Waals surface area contributed by atoms with Crippen molar-refractivity contribution >= 4 is 23.4 Å². The number of aryl methyl sites for hydroxylation is 2. The number of para-hydroxylation sites is 1. The van der Waals surface area contributed by atoms with Crippen molar-refractivity contribution in [3.63, 3.8) is 0 Å². The number of thioether (sulfide) groups is 1. The van der Waals surface area contributed by atoms with Gasteiger partial charge in [0.25, 0.3) is 0 Å². The minimum atomic E-state index is -0.539. The standard InChI is InChI=1S/C19H18FN5OS/c1-11-7-9-13(10-8-11)16-17(27-19-23-22-12(2)25(19)24-16)18(26)21-15-6-4-3-5-14(15)20/h3-10,16-17,24H,1-2H3,(H,21,26)/t16-,17+/m1/s1. The van der Waals surface area contributed by atoms with E-state index in [0.29, 0.717) is 11.0 Å². The zero-order valence-corrected chi connectivity index (χ0v) is 15.6. The van der Waals surface area contributed by atoms with Crippen LogP contribution in [0, 0.1) is 19.7 Å². The predicted molar refractivity (Wildman–Crippen MR) is 103 cm³/mol. The van der Waals surface area contributed by atoms with Crippen LogP contribution in [0.15, 0.2) is 53.7 Å². The zero-order chi connectivity index (χ0) is 19.0. The number of carbonyl (C=O) groups is 1. The summed E-state index contributed by atoms with van der Waals surface area (Å²) in [5, 5.41) is 10.9. The molecule has 0 saturated carbocycles. The molecule has 0 saturated heterocycles. The van der Waals surface area contributed by atoms with Crippen LogP contribution >= 0.6 is 11.8 Å². The molecule has 3 aromatic rings. The minimum Gasteiger partial charge on any atom is -0.323 e. The lowest BCUT2D eigenvalue weighted by atomic mass is 10.0. The molecular weight excluding hydrogens is 365 g/mol. The van der Waals surface area contributed by atoms with Gasteiger partial charge in [-0.3, -0.25) is 4.79 Å². The summed E-state index contributed by atoms with van der Waals surface area (Å²) in [7, 11) is 0. The second kappa shape index (κ2) is 7.03. The molecule has 1 aromatic heterocycles. The molecule has 6 nitrogen and oxygen atoms in total. The quantitative estimate of drug-likeness (QED) is 0.725. The van der Waals surface area contributed by atoms with Gasteiger partial charge in [0.2, 0.25) is 11.1 Å². The highest BCUT2D eigenvalue weighted by Gasteiger charge is 2.37. The van der Waals surface area contributed by atoms with Crippen molar-refractivity contribution < 1.29 is 9.18 Å². The summed E-state index contributed by atoms with van der Waals surface area (Å²) in [6.07, 6.45) is 0. The van der Waals surface area contributed by atoms with Crippen molar-refractivity contribution in [3.05, 3.63) is 71.3 Å². The number of anilines is 1. The maximum atomic E-state index is 14.0. The summed E-state index contributed by atoms with van der Waals surface area (Å²) < 4.78 is 15.7. The van der Waals surface area contributed by atoms with Crippen LogP contribution in [0.1, 0.15) is 23.0 Å². The van der Waals surface area contributed by atoms with Crippen LogP contribution in [0.5, 0.6) is 0 Å². The molecule has 1 aliphatic heterocycles. The Balaban J connectivity index is 1.68. The van der Waals surface area contributed by atoms with Crippen molar-refractivity contribution in [2.75, 3.05) is 10.7 Å². The number of hydrogen-bond acceptors (Lipinski definition) is 5. The van der Waals surface area contributed by atoms with Crippen LogP contribution in [0.4, 0.5) is 10.1 Å². The predicted octanol–water partition coefficient (Wildman–Crippen LogP) is 3.43. The number of aromatic nitrogens is 3. The molecule has 138 valence electrons. The third-order valence-electron chi connectivity index (χ3n) is 4.43. The topological polar surface area (TPSA) is 71.8 Å². The fraction of sp³-hybridized carbons (Fsp3) is 0.211. The average molecular weight is 383 g/mol. The fourth-order valence-corrected chi connectivity index (χ4v) is 4.08. The first-order chi connectivity index (χ1) is 13.0. The lowest BCUT2D eigenvalue weighted by Gasteiger charge is -2.32. The Morgan fingerprint density at radius 2 is 1.89 bits per heavy atom. The first-order valence-corrected chi connectivity index (χ1v) is 9.38. The maximum Gasteiger partial charge on any atom is 0.240 e. The van der Waals surface area contributed by atoms with Gasteiger partial charge in [0.15, 0.2) is 0 Å². The highest BCUT2D eigenvalue weighted by molar-refractivity contribution is 8.00. The molecule has 4 rings (SSSR count). The van der Waals surface area contributed by atoms with Gasteiger partial charge in [-0.05, 0) is 31.5 Å². The smallest absolute Gasteiger partial charge is 0.240 e. The SMILES string of the molecule is Cc1ccc([C@H]2Nn3c(C)nnc3S[C@@H]2C(=O)Nc2ccccc2F)cc1. The monoisotopic (exact) mass is 383 g/mol. The summed E-state index contributed by atoms with van der Waals surface area (Å²) in [6, 6.07) is 13.8. The minimum absolute atomic E-state index is 0.161. The maximum absolute atomic E-state index is 14.0. The number of hydrogen-bond donors (Lipinski definition) is 2. The number of benzene rings is 2. The normalized spacial score (nSPS) is 18.5. The number of fused-ring (bicyclic) bond motifs is 1. The number of amides is 1. The molecule has 0 radical (unpaired) electrons. The van der Waals surface area contributed by atoms with E-state index >= 15 is 0 Å². The Bertz CT molecular complexity index is 988. The van der Waals surface area contributed by atoms with Gasteiger partial charge >= 0.3 is 0 Å². The van der Waals surface area contributed by atoms with Crippen molar-refractivity contribution in [2.45, 2.75) is 30.3 Å². The Labute approximate surface area is 160 Å². The van der Waals surface area contributed by atoms with Gasteiger partial charge < -0.3 is 10.7 Å². The number of nitrogens with zero attached hydrogens (tertiary/aromatic N) is 3. The molecule has 0 bridgehead atoms. The fourth-order valence-electron chi connectivity index (χ4n) is 2.95. The van der Waals surface area contributed by atoms with Crippen molar-refractivity contribution in [3.8, 4) is 0 Å². The summed E-state index contributed by atoms with van der Waals surface area (Å²) >= 11 is 1.31. The molecule has 0 spiro atoms. The molecule has 2 atom stereocenters. The van der Waals surface area contributed by atoms with Crippen LogP contribution in [0.2, 0.25) is 0 Å². The number of nitrogens with one attached hydrogen (secondary N) is 2. The number of rotatable bonds is 3. The lowest BCUT2D eigenvalue weighted by molar-refractivity contribution is -0.116. The molecular formula is C19H18FN5OS. The largest absolute Gasteiger partial charge is 0.323 e. The summed E-state index contributed by atoms with van der Waals surface area (Å²) in [6.45, 7) is 3.85. The average Bonchev–Trinajstić information content (AvgIpc) is 3.03. The van der Waals surface area contributed by atoms with Gasteiger partial charge in [-0.15, -0.1) is 10.2 Å². The Morgan fingerprint density at radius 1 is 1.15 bits per heavy atom. The van der Waals surface area contributed by atoms with Crippen LogP contribution < -0.4 is 10.7 Å². The molecule has 0 fully saturated rings. The molecule has 2 N–H and O–H groups in total.